The summed E-state index contributed by atoms with van der Waals surface area (Å²) in [5.74, 6) is 1.03. The average Bonchev–Trinajstić information content (AvgIpc) is 3.15. The number of fused-ring (bicyclic) bond motifs is 1. The largest absolute Gasteiger partial charge is 0.379 e. The third-order valence-electron chi connectivity index (χ3n) is 5.21. The highest BCUT2D eigenvalue weighted by atomic mass is 16.5. The molecule has 132 valence electrons. The van der Waals surface area contributed by atoms with Gasteiger partial charge in [-0.2, -0.15) is 0 Å². The van der Waals surface area contributed by atoms with Crippen molar-refractivity contribution in [2.75, 3.05) is 31.2 Å². The van der Waals surface area contributed by atoms with Crippen LogP contribution in [0.4, 0.5) is 5.95 Å². The molecular formula is C19H24N4O2. The van der Waals surface area contributed by atoms with E-state index in [1.807, 2.05) is 25.1 Å². The normalized spacial score (nSPS) is 21.6. The molecule has 0 bridgehead atoms. The van der Waals surface area contributed by atoms with Gasteiger partial charge in [-0.25, -0.2) is 9.97 Å². The van der Waals surface area contributed by atoms with Crippen molar-refractivity contribution in [1.29, 1.82) is 0 Å². The molecule has 0 spiro atoms. The van der Waals surface area contributed by atoms with Crippen LogP contribution in [0.5, 0.6) is 0 Å². The van der Waals surface area contributed by atoms with Gasteiger partial charge in [0.25, 0.3) is 0 Å². The third-order valence-corrected chi connectivity index (χ3v) is 5.21. The molecule has 1 aromatic carbocycles. The summed E-state index contributed by atoms with van der Waals surface area (Å²) >= 11 is 0. The van der Waals surface area contributed by atoms with Crippen LogP contribution in [0.1, 0.15) is 25.0 Å². The molecule has 1 amide bonds. The maximum Gasteiger partial charge on any atom is 0.226 e. The Kier molecular flexibility index (Phi) is 4.53. The number of ether oxygens (including phenoxy) is 1. The number of carbonyl (C=O) groups is 1. The van der Waals surface area contributed by atoms with Gasteiger partial charge in [0.2, 0.25) is 11.9 Å². The van der Waals surface area contributed by atoms with Crippen molar-refractivity contribution in [1.82, 2.24) is 15.3 Å². The molecule has 0 radical (unpaired) electrons. The van der Waals surface area contributed by atoms with Crippen LogP contribution in [0.2, 0.25) is 0 Å². The Balaban J connectivity index is 1.40. The lowest BCUT2D eigenvalue weighted by Gasteiger charge is -2.32. The van der Waals surface area contributed by atoms with E-state index in [1.54, 1.807) is 0 Å². The molecule has 1 aromatic heterocycles. The van der Waals surface area contributed by atoms with Crippen molar-refractivity contribution in [3.05, 3.63) is 30.0 Å². The molecule has 2 aliphatic heterocycles. The minimum absolute atomic E-state index is 0.0819. The summed E-state index contributed by atoms with van der Waals surface area (Å²) in [7, 11) is 0. The van der Waals surface area contributed by atoms with E-state index in [0.29, 0.717) is 6.61 Å². The summed E-state index contributed by atoms with van der Waals surface area (Å²) in [6.07, 6.45) is 2.61. The number of hydrogen-bond donors (Lipinski definition) is 1. The van der Waals surface area contributed by atoms with Crippen LogP contribution in [0.25, 0.3) is 10.9 Å². The number of carbonyl (C=O) groups excluding carboxylic acids is 1. The van der Waals surface area contributed by atoms with Gasteiger partial charge >= 0.3 is 0 Å². The number of piperidine rings is 1. The van der Waals surface area contributed by atoms with E-state index in [1.165, 1.54) is 0 Å². The quantitative estimate of drug-likeness (QED) is 0.926. The number of nitrogens with zero attached hydrogens (tertiary/aromatic N) is 3. The molecule has 6 nitrogen and oxygen atoms in total. The van der Waals surface area contributed by atoms with E-state index in [2.05, 4.69) is 21.3 Å². The average molecular weight is 340 g/mol. The topological polar surface area (TPSA) is 67.4 Å². The van der Waals surface area contributed by atoms with Crippen molar-refractivity contribution in [3.8, 4) is 0 Å². The molecule has 2 aliphatic rings. The van der Waals surface area contributed by atoms with E-state index < -0.39 is 0 Å². The Bertz CT molecular complexity index is 765. The number of hydrogen-bond acceptors (Lipinski definition) is 5. The number of para-hydroxylation sites is 1. The van der Waals surface area contributed by atoms with Gasteiger partial charge in [0.15, 0.2) is 0 Å². The smallest absolute Gasteiger partial charge is 0.226 e. The van der Waals surface area contributed by atoms with E-state index in [4.69, 9.17) is 9.72 Å². The first-order valence-corrected chi connectivity index (χ1v) is 9.07. The Labute approximate surface area is 147 Å². The van der Waals surface area contributed by atoms with Gasteiger partial charge in [-0.1, -0.05) is 18.2 Å². The third kappa shape index (κ3) is 3.44. The number of nitrogens with one attached hydrogen (secondary N) is 1. The number of rotatable bonds is 3. The summed E-state index contributed by atoms with van der Waals surface area (Å²) in [6.45, 7) is 5.06. The van der Waals surface area contributed by atoms with E-state index in [-0.39, 0.29) is 17.9 Å². The summed E-state index contributed by atoms with van der Waals surface area (Å²) in [6, 6.07) is 8.28. The van der Waals surface area contributed by atoms with Crippen molar-refractivity contribution < 1.29 is 9.53 Å². The fraction of sp³-hybridized carbons (Fsp3) is 0.526. The predicted molar refractivity (Wildman–Crippen MR) is 96.6 cm³/mol. The van der Waals surface area contributed by atoms with Crippen LogP contribution in [-0.4, -0.2) is 48.2 Å². The maximum atomic E-state index is 12.4. The van der Waals surface area contributed by atoms with Gasteiger partial charge in [-0.15, -0.1) is 0 Å². The zero-order valence-electron chi connectivity index (χ0n) is 14.6. The van der Waals surface area contributed by atoms with Crippen molar-refractivity contribution in [2.24, 2.45) is 5.92 Å². The van der Waals surface area contributed by atoms with Crippen LogP contribution in [-0.2, 0) is 9.53 Å². The minimum Gasteiger partial charge on any atom is -0.379 e. The number of aromatic nitrogens is 2. The van der Waals surface area contributed by atoms with Gasteiger partial charge in [-0.05, 0) is 32.3 Å². The second-order valence-electron chi connectivity index (χ2n) is 6.96. The van der Waals surface area contributed by atoms with E-state index >= 15 is 0 Å². The lowest BCUT2D eigenvalue weighted by Crippen LogP contribution is -2.44. The molecule has 0 unspecified atom stereocenters. The second kappa shape index (κ2) is 6.96. The van der Waals surface area contributed by atoms with Gasteiger partial charge in [0, 0.05) is 31.0 Å². The van der Waals surface area contributed by atoms with Crippen LogP contribution in [0.3, 0.4) is 0 Å². The Morgan fingerprint density at radius 1 is 1.20 bits per heavy atom. The monoisotopic (exact) mass is 340 g/mol. The SMILES string of the molecule is Cc1nc(N2CCC(C(=O)N[C@H]3CCOC3)CC2)nc2ccccc12. The van der Waals surface area contributed by atoms with Crippen LogP contribution in [0.15, 0.2) is 24.3 Å². The van der Waals surface area contributed by atoms with Gasteiger partial charge in [-0.3, -0.25) is 4.79 Å². The molecule has 2 aromatic rings. The fourth-order valence-electron chi connectivity index (χ4n) is 3.67. The summed E-state index contributed by atoms with van der Waals surface area (Å²) in [4.78, 5) is 24.0. The molecule has 2 fully saturated rings. The highest BCUT2D eigenvalue weighted by Gasteiger charge is 2.28. The Morgan fingerprint density at radius 3 is 2.76 bits per heavy atom. The highest BCUT2D eigenvalue weighted by molar-refractivity contribution is 5.82. The molecule has 1 atom stereocenters. The Morgan fingerprint density at radius 2 is 2.00 bits per heavy atom. The molecular weight excluding hydrogens is 316 g/mol. The second-order valence-corrected chi connectivity index (χ2v) is 6.96. The Hall–Kier alpha value is -2.21. The van der Waals surface area contributed by atoms with E-state index in [0.717, 1.165) is 61.5 Å². The standard InChI is InChI=1S/C19H24N4O2/c1-13-16-4-2-3-5-17(16)22-19(20-13)23-9-6-14(7-10-23)18(24)21-15-8-11-25-12-15/h2-5,14-15H,6-12H2,1H3,(H,21,24)/t15-/m0/s1. The molecule has 4 rings (SSSR count). The van der Waals surface area contributed by atoms with Crippen molar-refractivity contribution in [2.45, 2.75) is 32.2 Å². The minimum atomic E-state index is 0.0819. The van der Waals surface area contributed by atoms with Crippen LogP contribution in [0, 0.1) is 12.8 Å². The van der Waals surface area contributed by atoms with Crippen LogP contribution < -0.4 is 10.2 Å². The van der Waals surface area contributed by atoms with Crippen LogP contribution >= 0.6 is 0 Å². The van der Waals surface area contributed by atoms with E-state index in [9.17, 15) is 4.79 Å². The number of anilines is 1. The van der Waals surface area contributed by atoms with Gasteiger partial charge < -0.3 is 15.0 Å². The van der Waals surface area contributed by atoms with Crippen molar-refractivity contribution in [3.63, 3.8) is 0 Å². The zero-order chi connectivity index (χ0) is 17.2. The first kappa shape index (κ1) is 16.3. The molecule has 1 N–H and O–H groups in total. The maximum absolute atomic E-state index is 12.4. The lowest BCUT2D eigenvalue weighted by molar-refractivity contribution is -0.126. The first-order chi connectivity index (χ1) is 12.2. The zero-order valence-corrected chi connectivity index (χ0v) is 14.6. The fourth-order valence-corrected chi connectivity index (χ4v) is 3.67. The summed E-state index contributed by atoms with van der Waals surface area (Å²) in [5, 5.41) is 4.22. The molecule has 6 heteroatoms. The highest BCUT2D eigenvalue weighted by Crippen LogP contribution is 2.24. The molecule has 2 saturated heterocycles. The van der Waals surface area contributed by atoms with Gasteiger partial charge in [0.1, 0.15) is 0 Å². The molecule has 0 aliphatic carbocycles. The molecule has 0 saturated carbocycles. The number of aryl methyl sites for hydroxylation is 1. The summed E-state index contributed by atoms with van der Waals surface area (Å²) < 4.78 is 5.33. The lowest BCUT2D eigenvalue weighted by atomic mass is 9.95. The first-order valence-electron chi connectivity index (χ1n) is 9.07. The predicted octanol–water partition coefficient (Wildman–Crippen LogP) is 2.06. The number of amides is 1. The van der Waals surface area contributed by atoms with Crippen molar-refractivity contribution >= 4 is 22.8 Å². The number of benzene rings is 1. The summed E-state index contributed by atoms with van der Waals surface area (Å²) in [5.41, 5.74) is 1.98. The van der Waals surface area contributed by atoms with Gasteiger partial charge in [0.05, 0.1) is 23.9 Å². The molecule has 25 heavy (non-hydrogen) atoms. The molecule has 3 heterocycles.